The number of pyridine rings is 1. The molecule has 0 aliphatic heterocycles. The van der Waals surface area contributed by atoms with Gasteiger partial charge in [0.25, 0.3) is 0 Å². The van der Waals surface area contributed by atoms with Gasteiger partial charge in [0.1, 0.15) is 5.51 Å². The van der Waals surface area contributed by atoms with E-state index in [1.54, 1.807) is 0 Å². The maximum atomic E-state index is 12.9. The number of anilines is 2. The van der Waals surface area contributed by atoms with E-state index in [9.17, 15) is 21.6 Å². The Morgan fingerprint density at radius 1 is 1.15 bits per heavy atom. The first-order chi connectivity index (χ1) is 12.2. The predicted octanol–water partition coefficient (Wildman–Crippen LogP) is 4.18. The Kier molecular flexibility index (Phi) is 4.86. The third-order valence-electron chi connectivity index (χ3n) is 3.18. The third-order valence-corrected chi connectivity index (χ3v) is 5.78. The van der Waals surface area contributed by atoms with Crippen molar-refractivity contribution in [2.75, 3.05) is 5.32 Å². The molecule has 2 aromatic heterocycles. The molecule has 0 fully saturated rings. The molecule has 1 aromatic carbocycles. The second-order valence-electron chi connectivity index (χ2n) is 4.90. The van der Waals surface area contributed by atoms with Gasteiger partial charge >= 0.3 is 6.18 Å². The second kappa shape index (κ2) is 6.82. The van der Waals surface area contributed by atoms with E-state index < -0.39 is 36.5 Å². The van der Waals surface area contributed by atoms with Crippen LogP contribution in [-0.2, 0) is 16.0 Å². The van der Waals surface area contributed by atoms with E-state index in [0.717, 1.165) is 12.1 Å². The molecule has 0 saturated heterocycles. The van der Waals surface area contributed by atoms with Crippen molar-refractivity contribution in [3.8, 4) is 0 Å². The van der Waals surface area contributed by atoms with Gasteiger partial charge in [0, 0.05) is 0 Å². The molecule has 3 aromatic rings. The molecule has 6 nitrogen and oxygen atoms in total. The van der Waals surface area contributed by atoms with Crippen LogP contribution in [0.5, 0.6) is 0 Å². The summed E-state index contributed by atoms with van der Waals surface area (Å²) in [4.78, 5) is 3.26. The molecule has 0 bridgehead atoms. The van der Waals surface area contributed by atoms with E-state index in [0.29, 0.717) is 16.9 Å². The highest BCUT2D eigenvalue weighted by Crippen LogP contribution is 2.36. The van der Waals surface area contributed by atoms with Crippen molar-refractivity contribution in [2.24, 2.45) is 0 Å². The van der Waals surface area contributed by atoms with Gasteiger partial charge in [-0.25, -0.2) is 13.4 Å². The highest BCUT2D eigenvalue weighted by atomic mass is 35.5. The van der Waals surface area contributed by atoms with Crippen molar-refractivity contribution in [2.45, 2.75) is 16.1 Å². The quantitative estimate of drug-likeness (QED) is 0.681. The van der Waals surface area contributed by atoms with Crippen LogP contribution in [0.4, 0.5) is 24.0 Å². The molecule has 0 atom stereocenters. The summed E-state index contributed by atoms with van der Waals surface area (Å²) in [5.41, 5.74) is 0.732. The maximum absolute atomic E-state index is 12.9. The molecular weight excluding hydrogens is 413 g/mol. The molecule has 1 N–H and O–H groups in total. The highest BCUT2D eigenvalue weighted by Gasteiger charge is 2.35. The highest BCUT2D eigenvalue weighted by molar-refractivity contribution is 7.91. The molecule has 2 heterocycles. The van der Waals surface area contributed by atoms with Crippen LogP contribution in [0.15, 0.2) is 52.0 Å². The van der Waals surface area contributed by atoms with Crippen LogP contribution in [0.2, 0.25) is 5.02 Å². The summed E-state index contributed by atoms with van der Waals surface area (Å²) in [6.45, 7) is 0. The fraction of sp³-hybridized carbons (Fsp3) is 0.0714. The molecule has 136 valence electrons. The molecule has 0 amide bonds. The number of hydrogen-bond donors (Lipinski definition) is 1. The number of halogens is 4. The molecule has 0 spiro atoms. The Bertz CT molecular complexity index is 1020. The zero-order valence-corrected chi connectivity index (χ0v) is 14.9. The minimum Gasteiger partial charge on any atom is -0.329 e. The lowest BCUT2D eigenvalue weighted by Crippen LogP contribution is -2.10. The average Bonchev–Trinajstić information content (AvgIpc) is 3.07. The van der Waals surface area contributed by atoms with Crippen LogP contribution in [0.3, 0.4) is 0 Å². The Morgan fingerprint density at radius 2 is 1.92 bits per heavy atom. The van der Waals surface area contributed by atoms with Crippen molar-refractivity contribution in [3.05, 3.63) is 52.6 Å². The van der Waals surface area contributed by atoms with E-state index in [2.05, 4.69) is 20.5 Å². The summed E-state index contributed by atoms with van der Waals surface area (Å²) < 4.78 is 63.9. The van der Waals surface area contributed by atoms with Crippen LogP contribution in [0, 0.1) is 0 Å². The van der Waals surface area contributed by atoms with Crippen molar-refractivity contribution < 1.29 is 21.6 Å². The average molecular weight is 421 g/mol. The van der Waals surface area contributed by atoms with Crippen molar-refractivity contribution in [3.63, 3.8) is 0 Å². The van der Waals surface area contributed by atoms with Crippen LogP contribution >= 0.6 is 22.9 Å². The number of nitrogens with one attached hydrogen (secondary N) is 1. The van der Waals surface area contributed by atoms with E-state index in [1.165, 1.54) is 35.2 Å². The lowest BCUT2D eigenvalue weighted by Gasteiger charge is -2.11. The third kappa shape index (κ3) is 3.79. The molecular formula is C14H8ClF3N4O2S2. The monoisotopic (exact) mass is 420 g/mol. The van der Waals surface area contributed by atoms with Gasteiger partial charge in [0.05, 0.1) is 27.4 Å². The van der Waals surface area contributed by atoms with Gasteiger partial charge < -0.3 is 5.32 Å². The molecule has 0 saturated carbocycles. The number of benzene rings is 1. The van der Waals surface area contributed by atoms with E-state index in [-0.39, 0.29) is 0 Å². The van der Waals surface area contributed by atoms with E-state index in [4.69, 9.17) is 11.6 Å². The maximum Gasteiger partial charge on any atom is 0.417 e. The zero-order chi connectivity index (χ0) is 18.9. The fourth-order valence-corrected chi connectivity index (χ4v) is 3.86. The van der Waals surface area contributed by atoms with Gasteiger partial charge in [-0.15, -0.1) is 10.2 Å². The van der Waals surface area contributed by atoms with E-state index in [1.807, 2.05) is 0 Å². The summed E-state index contributed by atoms with van der Waals surface area (Å²) in [6.07, 6.45) is -3.54. The lowest BCUT2D eigenvalue weighted by atomic mass is 10.2. The number of aromatic nitrogens is 3. The minimum atomic E-state index is -4.77. The van der Waals surface area contributed by atoms with Crippen molar-refractivity contribution >= 4 is 43.6 Å². The molecule has 26 heavy (non-hydrogen) atoms. The van der Waals surface area contributed by atoms with E-state index >= 15 is 0 Å². The Morgan fingerprint density at radius 3 is 2.50 bits per heavy atom. The molecule has 0 unspecified atom stereocenters. The Hall–Kier alpha value is -2.24. The van der Waals surface area contributed by atoms with Crippen molar-refractivity contribution in [1.29, 1.82) is 0 Å². The molecule has 0 aliphatic carbocycles. The molecule has 0 radical (unpaired) electrons. The Balaban J connectivity index is 1.93. The topological polar surface area (TPSA) is 84.8 Å². The summed E-state index contributed by atoms with van der Waals surface area (Å²) in [7, 11) is -4.24. The minimum absolute atomic E-state index is 0.393. The number of rotatable bonds is 4. The number of alkyl halides is 3. The standard InChI is InChI=1S/C14H8ClF3N4O2S2/c15-11-3-2-9(5-10(11)14(16,17)18)26(23,24)12-4-1-8(6-19-12)21-13-22-20-7-25-13/h1-7H,(H,21,22). The van der Waals surface area contributed by atoms with Gasteiger partial charge in [-0.1, -0.05) is 22.9 Å². The first kappa shape index (κ1) is 18.5. The fourth-order valence-electron chi connectivity index (χ4n) is 1.97. The normalized spacial score (nSPS) is 12.2. The van der Waals surface area contributed by atoms with Gasteiger partial charge in [-0.3, -0.25) is 0 Å². The van der Waals surface area contributed by atoms with Crippen molar-refractivity contribution in [1.82, 2.24) is 15.2 Å². The number of sulfone groups is 1. The number of hydrogen-bond acceptors (Lipinski definition) is 7. The van der Waals surface area contributed by atoms with Crippen LogP contribution in [-0.4, -0.2) is 23.6 Å². The summed E-state index contributed by atoms with van der Waals surface area (Å²) in [5, 5.41) is 9.77. The second-order valence-corrected chi connectivity index (χ2v) is 8.03. The smallest absolute Gasteiger partial charge is 0.329 e. The first-order valence-electron chi connectivity index (χ1n) is 6.79. The van der Waals surface area contributed by atoms with Crippen LogP contribution < -0.4 is 5.32 Å². The number of nitrogens with zero attached hydrogens (tertiary/aromatic N) is 3. The predicted molar refractivity (Wildman–Crippen MR) is 89.3 cm³/mol. The van der Waals surface area contributed by atoms with Crippen LogP contribution in [0.1, 0.15) is 5.56 Å². The largest absolute Gasteiger partial charge is 0.417 e. The van der Waals surface area contributed by atoms with Gasteiger partial charge in [0.2, 0.25) is 15.0 Å². The lowest BCUT2D eigenvalue weighted by molar-refractivity contribution is -0.137. The molecule has 12 heteroatoms. The van der Waals surface area contributed by atoms with Crippen LogP contribution in [0.25, 0.3) is 0 Å². The van der Waals surface area contributed by atoms with Gasteiger partial charge in [0.15, 0.2) is 5.03 Å². The SMILES string of the molecule is O=S(=O)(c1ccc(Cl)c(C(F)(F)F)c1)c1ccc(Nc2nncs2)cn1. The first-order valence-corrected chi connectivity index (χ1v) is 9.53. The van der Waals surface area contributed by atoms with Gasteiger partial charge in [-0.2, -0.15) is 13.2 Å². The summed E-state index contributed by atoms with van der Waals surface area (Å²) in [5.74, 6) is 0. The zero-order valence-electron chi connectivity index (χ0n) is 12.5. The van der Waals surface area contributed by atoms with Gasteiger partial charge in [-0.05, 0) is 30.3 Å². The Labute approximate surface area is 154 Å². The summed E-state index contributed by atoms with van der Waals surface area (Å²) in [6, 6.07) is 4.99. The molecule has 3 rings (SSSR count). The molecule has 0 aliphatic rings. The summed E-state index contributed by atoms with van der Waals surface area (Å²) >= 11 is 6.75.